The maximum absolute atomic E-state index is 12.1. The molecule has 0 unspecified atom stereocenters. The highest BCUT2D eigenvalue weighted by molar-refractivity contribution is 14.1. The first-order valence-electron chi connectivity index (χ1n) is 6.90. The van der Waals surface area contributed by atoms with E-state index in [-0.39, 0.29) is 12.1 Å². The monoisotopic (exact) mass is 387 g/mol. The maximum atomic E-state index is 12.1. The van der Waals surface area contributed by atoms with Crippen LogP contribution in [0.2, 0.25) is 0 Å². The summed E-state index contributed by atoms with van der Waals surface area (Å²) >= 11 is 2.27. The van der Waals surface area contributed by atoms with E-state index in [9.17, 15) is 4.79 Å². The molecule has 2 aliphatic rings. The van der Waals surface area contributed by atoms with Gasteiger partial charge in [-0.15, -0.1) is 0 Å². The molecule has 108 valence electrons. The highest BCUT2D eigenvalue weighted by Crippen LogP contribution is 2.41. The summed E-state index contributed by atoms with van der Waals surface area (Å²) in [5, 5.41) is 0. The Morgan fingerprint density at radius 2 is 2.35 bits per heavy atom. The van der Waals surface area contributed by atoms with Crippen LogP contribution in [0, 0.1) is 3.57 Å². The van der Waals surface area contributed by atoms with Gasteiger partial charge in [-0.2, -0.15) is 0 Å². The van der Waals surface area contributed by atoms with Crippen LogP contribution in [0.3, 0.4) is 0 Å². The van der Waals surface area contributed by atoms with E-state index in [1.165, 1.54) is 7.11 Å². The van der Waals surface area contributed by atoms with Gasteiger partial charge in [-0.1, -0.05) is 6.07 Å². The van der Waals surface area contributed by atoms with E-state index in [2.05, 4.69) is 27.5 Å². The van der Waals surface area contributed by atoms with Crippen molar-refractivity contribution in [2.75, 3.05) is 20.2 Å². The summed E-state index contributed by atoms with van der Waals surface area (Å²) in [7, 11) is 1.47. The molecule has 0 bridgehead atoms. The summed E-state index contributed by atoms with van der Waals surface area (Å²) in [6.45, 7) is 1.77. The minimum atomic E-state index is -0.443. The molecule has 4 nitrogen and oxygen atoms in total. The molecule has 0 radical (unpaired) electrons. The fourth-order valence-corrected chi connectivity index (χ4v) is 3.95. The Hall–Kier alpha value is -0.820. The molecule has 0 spiro atoms. The quantitative estimate of drug-likeness (QED) is 0.590. The minimum absolute atomic E-state index is 0.0626. The van der Waals surface area contributed by atoms with Gasteiger partial charge in [0.05, 0.1) is 7.11 Å². The molecule has 20 heavy (non-hydrogen) atoms. The fraction of sp³-hybridized carbons (Fsp3) is 0.533. The van der Waals surface area contributed by atoms with E-state index in [1.54, 1.807) is 0 Å². The van der Waals surface area contributed by atoms with Crippen molar-refractivity contribution in [1.82, 2.24) is 4.90 Å². The number of carbonyl (C=O) groups is 1. The summed E-state index contributed by atoms with van der Waals surface area (Å²) in [6, 6.07) is 8.02. The summed E-state index contributed by atoms with van der Waals surface area (Å²) in [4.78, 5) is 14.4. The first-order chi connectivity index (χ1) is 9.64. The number of methoxy groups -OCH3 is 1. The number of ether oxygens (including phenoxy) is 2. The molecule has 2 fully saturated rings. The second-order valence-corrected chi connectivity index (χ2v) is 6.72. The topological polar surface area (TPSA) is 38.8 Å². The van der Waals surface area contributed by atoms with Crippen molar-refractivity contribution in [1.29, 1.82) is 0 Å². The van der Waals surface area contributed by atoms with E-state index in [1.807, 2.05) is 24.3 Å². The number of hydrogen-bond donors (Lipinski definition) is 0. The molecule has 2 atom stereocenters. The predicted octanol–water partition coefficient (Wildman–Crippen LogP) is 2.45. The number of rotatable bonds is 3. The second kappa shape index (κ2) is 5.52. The Kier molecular flexibility index (Phi) is 3.90. The van der Waals surface area contributed by atoms with E-state index in [0.717, 1.165) is 41.7 Å². The number of fused-ring (bicyclic) bond motifs is 1. The zero-order valence-electron chi connectivity index (χ0n) is 11.5. The molecule has 0 amide bonds. The van der Waals surface area contributed by atoms with Crippen molar-refractivity contribution in [3.8, 4) is 5.75 Å². The van der Waals surface area contributed by atoms with Gasteiger partial charge in [0, 0.05) is 16.5 Å². The molecule has 0 saturated carbocycles. The van der Waals surface area contributed by atoms with E-state index in [0.29, 0.717) is 0 Å². The summed E-state index contributed by atoms with van der Waals surface area (Å²) in [5.74, 6) is 0.770. The molecule has 1 aromatic carbocycles. The molecule has 2 saturated heterocycles. The Balaban J connectivity index is 1.74. The van der Waals surface area contributed by atoms with Crippen LogP contribution in [0.5, 0.6) is 5.75 Å². The average molecular weight is 387 g/mol. The number of halogens is 1. The number of benzene rings is 1. The van der Waals surface area contributed by atoms with Gasteiger partial charge >= 0.3 is 5.97 Å². The molecule has 0 aliphatic carbocycles. The van der Waals surface area contributed by atoms with Gasteiger partial charge in [0.15, 0.2) is 0 Å². The van der Waals surface area contributed by atoms with Gasteiger partial charge in [0.2, 0.25) is 0 Å². The Labute approximate surface area is 132 Å². The Morgan fingerprint density at radius 1 is 1.50 bits per heavy atom. The van der Waals surface area contributed by atoms with E-state index in [4.69, 9.17) is 9.47 Å². The van der Waals surface area contributed by atoms with Gasteiger partial charge in [-0.3, -0.25) is 9.69 Å². The largest absolute Gasteiger partial charge is 0.489 e. The van der Waals surface area contributed by atoms with Gasteiger partial charge in [-0.25, -0.2) is 0 Å². The van der Waals surface area contributed by atoms with Crippen LogP contribution in [0.15, 0.2) is 24.3 Å². The Morgan fingerprint density at radius 3 is 3.10 bits per heavy atom. The third kappa shape index (κ3) is 2.41. The molecule has 2 aliphatic heterocycles. The van der Waals surface area contributed by atoms with Gasteiger partial charge in [0.25, 0.3) is 0 Å². The zero-order chi connectivity index (χ0) is 14.2. The van der Waals surface area contributed by atoms with Crippen LogP contribution in [0.25, 0.3) is 0 Å². The number of carbonyl (C=O) groups excluding carboxylic acids is 1. The molecular weight excluding hydrogens is 369 g/mol. The first-order valence-corrected chi connectivity index (χ1v) is 7.98. The van der Waals surface area contributed by atoms with Gasteiger partial charge in [-0.05, 0) is 60.2 Å². The smallest absolute Gasteiger partial charge is 0.326 e. The lowest BCUT2D eigenvalue weighted by atomic mass is 9.93. The molecule has 0 aromatic heterocycles. The minimum Gasteiger partial charge on any atom is -0.489 e. The van der Waals surface area contributed by atoms with Crippen molar-refractivity contribution in [3.05, 3.63) is 27.8 Å². The zero-order valence-corrected chi connectivity index (χ0v) is 13.6. The predicted molar refractivity (Wildman–Crippen MR) is 83.7 cm³/mol. The van der Waals surface area contributed by atoms with Crippen LogP contribution >= 0.6 is 22.6 Å². The SMILES string of the molecule is COC(=O)[C@]12CCCN1C[C@@H](Oc1cccc(I)c1)C2. The van der Waals surface area contributed by atoms with Crippen molar-refractivity contribution >= 4 is 28.6 Å². The average Bonchev–Trinajstić information content (AvgIpc) is 2.95. The summed E-state index contributed by atoms with van der Waals surface area (Å²) in [5.41, 5.74) is -0.443. The molecule has 5 heteroatoms. The van der Waals surface area contributed by atoms with Gasteiger partial charge in [0.1, 0.15) is 17.4 Å². The van der Waals surface area contributed by atoms with Crippen molar-refractivity contribution in [2.45, 2.75) is 30.9 Å². The van der Waals surface area contributed by atoms with Crippen LogP contribution in [0.1, 0.15) is 19.3 Å². The Bertz CT molecular complexity index is 522. The highest BCUT2D eigenvalue weighted by atomic mass is 127. The van der Waals surface area contributed by atoms with E-state index >= 15 is 0 Å². The lowest BCUT2D eigenvalue weighted by molar-refractivity contribution is -0.151. The molecule has 2 heterocycles. The molecule has 1 aromatic rings. The maximum Gasteiger partial charge on any atom is 0.326 e. The lowest BCUT2D eigenvalue weighted by Crippen LogP contribution is -2.46. The number of nitrogens with zero attached hydrogens (tertiary/aromatic N) is 1. The fourth-order valence-electron chi connectivity index (χ4n) is 3.43. The normalized spacial score (nSPS) is 29.2. The van der Waals surface area contributed by atoms with E-state index < -0.39 is 5.54 Å². The molecule has 3 rings (SSSR count). The van der Waals surface area contributed by atoms with Crippen LogP contribution in [-0.4, -0.2) is 42.7 Å². The highest BCUT2D eigenvalue weighted by Gasteiger charge is 2.55. The van der Waals surface area contributed by atoms with Crippen LogP contribution < -0.4 is 4.74 Å². The van der Waals surface area contributed by atoms with Crippen molar-refractivity contribution in [3.63, 3.8) is 0 Å². The lowest BCUT2D eigenvalue weighted by Gasteiger charge is -2.27. The van der Waals surface area contributed by atoms with Crippen molar-refractivity contribution in [2.24, 2.45) is 0 Å². The first kappa shape index (κ1) is 14.1. The number of esters is 1. The van der Waals surface area contributed by atoms with Crippen molar-refractivity contribution < 1.29 is 14.3 Å². The van der Waals surface area contributed by atoms with Crippen LogP contribution in [0.4, 0.5) is 0 Å². The standard InChI is InChI=1S/C15H18INO3/c1-19-14(18)15-6-3-7-17(15)10-13(9-15)20-12-5-2-4-11(16)8-12/h2,4-5,8,13H,3,6-7,9-10H2,1H3/t13-,15+/m0/s1. The van der Waals surface area contributed by atoms with Gasteiger partial charge < -0.3 is 9.47 Å². The third-order valence-corrected chi connectivity index (χ3v) is 4.95. The molecule has 0 N–H and O–H groups in total. The summed E-state index contributed by atoms with van der Waals surface area (Å²) in [6.07, 6.45) is 2.73. The summed E-state index contributed by atoms with van der Waals surface area (Å²) < 4.78 is 12.2. The second-order valence-electron chi connectivity index (χ2n) is 5.47. The third-order valence-electron chi connectivity index (χ3n) is 4.28. The van der Waals surface area contributed by atoms with Crippen LogP contribution in [-0.2, 0) is 9.53 Å². The molecular formula is C15H18INO3. The number of hydrogen-bond acceptors (Lipinski definition) is 4.